The van der Waals surface area contributed by atoms with E-state index >= 15 is 0 Å². The lowest BCUT2D eigenvalue weighted by Gasteiger charge is -2.20. The van der Waals surface area contributed by atoms with Crippen molar-refractivity contribution in [1.29, 1.82) is 0 Å². The third-order valence-corrected chi connectivity index (χ3v) is 3.05. The topological polar surface area (TPSA) is 65.4 Å². The van der Waals surface area contributed by atoms with Crippen LogP contribution in [0.3, 0.4) is 0 Å². The van der Waals surface area contributed by atoms with Crippen LogP contribution in [0.4, 0.5) is 13.2 Å². The number of pyridine rings is 1. The summed E-state index contributed by atoms with van der Waals surface area (Å²) in [7, 11) is 1.12. The van der Waals surface area contributed by atoms with Gasteiger partial charge in [0, 0.05) is 17.8 Å². The highest BCUT2D eigenvalue weighted by molar-refractivity contribution is 5.78. The van der Waals surface area contributed by atoms with Crippen molar-refractivity contribution >= 4 is 12.3 Å². The molecular formula is C14H16F3NO4. The third kappa shape index (κ3) is 3.96. The quantitative estimate of drug-likeness (QED) is 0.617. The molecule has 22 heavy (non-hydrogen) atoms. The molecule has 5 nitrogen and oxygen atoms in total. The number of halogens is 3. The number of aromatic nitrogens is 1. The highest BCUT2D eigenvalue weighted by atomic mass is 19.4. The van der Waals surface area contributed by atoms with Gasteiger partial charge in [0.2, 0.25) is 0 Å². The molecule has 1 heterocycles. The van der Waals surface area contributed by atoms with Crippen LogP contribution in [-0.2, 0) is 15.7 Å². The van der Waals surface area contributed by atoms with E-state index in [1.807, 2.05) is 0 Å². The number of aldehydes is 1. The van der Waals surface area contributed by atoms with Crippen LogP contribution in [0.1, 0.15) is 42.2 Å². The largest absolute Gasteiger partial charge is 0.467 e. The summed E-state index contributed by atoms with van der Waals surface area (Å²) >= 11 is 0. The van der Waals surface area contributed by atoms with Crippen LogP contribution < -0.4 is 5.56 Å². The van der Waals surface area contributed by atoms with Gasteiger partial charge in [-0.1, -0.05) is 13.8 Å². The number of rotatable bonds is 5. The third-order valence-electron chi connectivity index (χ3n) is 3.05. The van der Waals surface area contributed by atoms with Gasteiger partial charge in [-0.2, -0.15) is 13.2 Å². The number of carbonyl (C=O) groups excluding carboxylic acids is 2. The molecule has 1 atom stereocenters. The van der Waals surface area contributed by atoms with Crippen molar-refractivity contribution in [3.05, 3.63) is 33.7 Å². The molecule has 0 saturated carbocycles. The summed E-state index contributed by atoms with van der Waals surface area (Å²) in [5, 5.41) is 0. The Morgan fingerprint density at radius 2 is 2.00 bits per heavy atom. The molecule has 0 spiro atoms. The van der Waals surface area contributed by atoms with Gasteiger partial charge in [-0.05, 0) is 12.3 Å². The minimum atomic E-state index is -4.83. The van der Waals surface area contributed by atoms with Crippen molar-refractivity contribution in [1.82, 2.24) is 4.57 Å². The maximum atomic E-state index is 12.8. The molecule has 8 heteroatoms. The normalized spacial score (nSPS) is 13.0. The van der Waals surface area contributed by atoms with Crippen LogP contribution in [0.5, 0.6) is 0 Å². The smallest absolute Gasteiger partial charge is 0.417 e. The fourth-order valence-electron chi connectivity index (χ4n) is 2.05. The minimum Gasteiger partial charge on any atom is -0.467 e. The number of carbonyl (C=O) groups is 2. The number of hydrogen-bond donors (Lipinski definition) is 0. The summed E-state index contributed by atoms with van der Waals surface area (Å²) in [5.41, 5.74) is -3.05. The Hall–Kier alpha value is -2.12. The van der Waals surface area contributed by atoms with Gasteiger partial charge in [0.25, 0.3) is 5.56 Å². The lowest BCUT2D eigenvalue weighted by molar-refractivity contribution is -0.145. The van der Waals surface area contributed by atoms with Crippen molar-refractivity contribution in [2.24, 2.45) is 5.92 Å². The van der Waals surface area contributed by atoms with Crippen molar-refractivity contribution in [2.45, 2.75) is 32.5 Å². The first-order valence-corrected chi connectivity index (χ1v) is 6.48. The first-order chi connectivity index (χ1) is 10.1. The van der Waals surface area contributed by atoms with E-state index in [4.69, 9.17) is 0 Å². The predicted octanol–water partition coefficient (Wildman–Crippen LogP) is 2.44. The molecule has 1 aromatic heterocycles. The Morgan fingerprint density at radius 1 is 1.41 bits per heavy atom. The molecule has 0 N–H and O–H groups in total. The summed E-state index contributed by atoms with van der Waals surface area (Å²) < 4.78 is 43.7. The second-order valence-electron chi connectivity index (χ2n) is 5.17. The second kappa shape index (κ2) is 6.76. The van der Waals surface area contributed by atoms with Gasteiger partial charge >= 0.3 is 12.1 Å². The molecular weight excluding hydrogens is 303 g/mol. The van der Waals surface area contributed by atoms with E-state index in [9.17, 15) is 27.6 Å². The van der Waals surface area contributed by atoms with E-state index in [0.29, 0.717) is 6.07 Å². The summed E-state index contributed by atoms with van der Waals surface area (Å²) in [5.74, 6) is -0.773. The average Bonchev–Trinajstić information content (AvgIpc) is 2.42. The zero-order valence-corrected chi connectivity index (χ0v) is 12.3. The maximum Gasteiger partial charge on any atom is 0.417 e. The highest BCUT2D eigenvalue weighted by Crippen LogP contribution is 2.31. The van der Waals surface area contributed by atoms with Gasteiger partial charge in [-0.25, -0.2) is 4.79 Å². The first kappa shape index (κ1) is 17.9. The summed E-state index contributed by atoms with van der Waals surface area (Å²) in [6.07, 6.45) is -3.88. The lowest BCUT2D eigenvalue weighted by atomic mass is 10.0. The Kier molecular flexibility index (Phi) is 5.51. The van der Waals surface area contributed by atoms with Crippen LogP contribution in [0.15, 0.2) is 17.1 Å². The summed E-state index contributed by atoms with van der Waals surface area (Å²) in [6.45, 7) is 3.57. The van der Waals surface area contributed by atoms with Gasteiger partial charge in [-0.15, -0.1) is 0 Å². The van der Waals surface area contributed by atoms with E-state index in [1.165, 1.54) is 0 Å². The zero-order valence-electron chi connectivity index (χ0n) is 12.3. The van der Waals surface area contributed by atoms with Gasteiger partial charge in [-0.3, -0.25) is 9.59 Å². The molecule has 122 valence electrons. The molecule has 1 rings (SSSR count). The Balaban J connectivity index is 3.49. The van der Waals surface area contributed by atoms with Crippen molar-refractivity contribution in [3.8, 4) is 0 Å². The van der Waals surface area contributed by atoms with Crippen LogP contribution >= 0.6 is 0 Å². The number of esters is 1. The zero-order chi connectivity index (χ0) is 17.1. The van der Waals surface area contributed by atoms with E-state index in [-0.39, 0.29) is 18.6 Å². The number of hydrogen-bond acceptors (Lipinski definition) is 4. The lowest BCUT2D eigenvalue weighted by Crippen LogP contribution is -2.33. The summed E-state index contributed by atoms with van der Waals surface area (Å²) in [6, 6.07) is -0.765. The second-order valence-corrected chi connectivity index (χ2v) is 5.17. The van der Waals surface area contributed by atoms with Crippen LogP contribution in [0.25, 0.3) is 0 Å². The van der Waals surface area contributed by atoms with E-state index in [1.54, 1.807) is 13.8 Å². The fourth-order valence-corrected chi connectivity index (χ4v) is 2.05. The molecule has 0 saturated heterocycles. The van der Waals surface area contributed by atoms with E-state index in [0.717, 1.165) is 17.9 Å². The molecule has 0 aliphatic carbocycles. The Morgan fingerprint density at radius 3 is 2.41 bits per heavy atom. The number of nitrogens with zero attached hydrogens (tertiary/aromatic N) is 1. The molecule has 1 aromatic rings. The van der Waals surface area contributed by atoms with Gasteiger partial charge in [0.1, 0.15) is 6.04 Å². The van der Waals surface area contributed by atoms with Crippen molar-refractivity contribution in [2.75, 3.05) is 7.11 Å². The Bertz CT molecular complexity index is 619. The average molecular weight is 319 g/mol. The number of ether oxygens (including phenoxy) is 1. The SMILES string of the molecule is COC(=O)C(CC(C)C)n1cc(C=O)c(C(F)(F)F)cc1=O. The first-order valence-electron chi connectivity index (χ1n) is 6.48. The summed E-state index contributed by atoms with van der Waals surface area (Å²) in [4.78, 5) is 34.6. The molecule has 0 radical (unpaired) electrons. The monoisotopic (exact) mass is 319 g/mol. The molecule has 0 aliphatic heterocycles. The van der Waals surface area contributed by atoms with Gasteiger partial charge in [0.15, 0.2) is 6.29 Å². The molecule has 0 aromatic carbocycles. The van der Waals surface area contributed by atoms with Gasteiger partial charge in [0.05, 0.1) is 12.7 Å². The van der Waals surface area contributed by atoms with Gasteiger partial charge < -0.3 is 9.30 Å². The number of methoxy groups -OCH3 is 1. The van der Waals surface area contributed by atoms with Crippen LogP contribution in [0.2, 0.25) is 0 Å². The molecule has 0 amide bonds. The standard InChI is InChI=1S/C14H16F3NO4/c1-8(2)4-11(13(21)22-3)18-6-9(7-19)10(5-12(18)20)14(15,16)17/h5-8,11H,4H2,1-3H3. The fraction of sp³-hybridized carbons (Fsp3) is 0.500. The molecule has 1 unspecified atom stereocenters. The molecule has 0 aliphatic rings. The van der Waals surface area contributed by atoms with E-state index < -0.39 is 34.9 Å². The minimum absolute atomic E-state index is 0.00246. The number of alkyl halides is 3. The predicted molar refractivity (Wildman–Crippen MR) is 71.6 cm³/mol. The van der Waals surface area contributed by atoms with E-state index in [2.05, 4.69) is 4.74 Å². The highest BCUT2D eigenvalue weighted by Gasteiger charge is 2.35. The Labute approximate surface area is 124 Å². The maximum absolute atomic E-state index is 12.8. The van der Waals surface area contributed by atoms with Crippen LogP contribution in [-0.4, -0.2) is 23.9 Å². The molecule has 0 bridgehead atoms. The van der Waals surface area contributed by atoms with Crippen molar-refractivity contribution in [3.63, 3.8) is 0 Å². The van der Waals surface area contributed by atoms with Crippen LogP contribution in [0, 0.1) is 5.92 Å². The molecule has 0 fully saturated rings. The van der Waals surface area contributed by atoms with Crippen molar-refractivity contribution < 1.29 is 27.5 Å².